The Morgan fingerprint density at radius 2 is 1.96 bits per heavy atom. The van der Waals surface area contributed by atoms with Crippen LogP contribution in [0.4, 0.5) is 18.9 Å². The molecule has 1 aromatic carbocycles. The SMILES string of the molecule is C=CC(=O)Nc1ccc2c(c1)nc(-c1ccc(C(F)(F)F)cn1)c1cccn12. The number of rotatable bonds is 3. The van der Waals surface area contributed by atoms with Crippen molar-refractivity contribution in [2.75, 3.05) is 5.32 Å². The first kappa shape index (κ1) is 17.7. The number of amides is 1. The van der Waals surface area contributed by atoms with Crippen LogP contribution in [0.3, 0.4) is 0 Å². The Labute approximate surface area is 157 Å². The summed E-state index contributed by atoms with van der Waals surface area (Å²) in [6.07, 6.45) is -0.675. The summed E-state index contributed by atoms with van der Waals surface area (Å²) in [6.45, 7) is 3.41. The van der Waals surface area contributed by atoms with Crippen LogP contribution in [0, 0.1) is 0 Å². The smallest absolute Gasteiger partial charge is 0.322 e. The molecule has 3 heterocycles. The predicted octanol–water partition coefficient (Wildman–Crippen LogP) is 4.69. The molecule has 5 nitrogen and oxygen atoms in total. The van der Waals surface area contributed by atoms with E-state index in [0.29, 0.717) is 28.1 Å². The van der Waals surface area contributed by atoms with E-state index in [-0.39, 0.29) is 5.91 Å². The molecule has 3 aromatic heterocycles. The standard InChI is InChI=1S/C20H13F3N4O/c1-2-18(28)25-13-6-8-16-15(10-13)26-19(17-4-3-9-27(16)17)14-7-5-12(11-24-14)20(21,22)23/h2-11H,1H2,(H,25,28). The maximum atomic E-state index is 12.8. The van der Waals surface area contributed by atoms with Crippen LogP contribution in [0.15, 0.2) is 67.5 Å². The fraction of sp³-hybridized carbons (Fsp3) is 0.0500. The van der Waals surface area contributed by atoms with Gasteiger partial charge in [-0.2, -0.15) is 13.2 Å². The predicted molar refractivity (Wildman–Crippen MR) is 99.8 cm³/mol. The van der Waals surface area contributed by atoms with E-state index in [9.17, 15) is 18.0 Å². The van der Waals surface area contributed by atoms with Gasteiger partial charge in [-0.15, -0.1) is 0 Å². The Kier molecular flexibility index (Phi) is 4.11. The highest BCUT2D eigenvalue weighted by Crippen LogP contribution is 2.31. The third kappa shape index (κ3) is 3.09. The van der Waals surface area contributed by atoms with Crippen molar-refractivity contribution in [1.29, 1.82) is 0 Å². The number of carbonyl (C=O) groups is 1. The molecule has 0 spiro atoms. The molecule has 140 valence electrons. The van der Waals surface area contributed by atoms with E-state index in [1.807, 2.05) is 22.7 Å². The highest BCUT2D eigenvalue weighted by atomic mass is 19.4. The quantitative estimate of drug-likeness (QED) is 0.523. The zero-order valence-corrected chi connectivity index (χ0v) is 14.4. The van der Waals surface area contributed by atoms with E-state index < -0.39 is 11.7 Å². The third-order valence-corrected chi connectivity index (χ3v) is 4.24. The van der Waals surface area contributed by atoms with Gasteiger partial charge in [-0.1, -0.05) is 6.58 Å². The average molecular weight is 382 g/mol. The van der Waals surface area contributed by atoms with Gasteiger partial charge in [-0.3, -0.25) is 9.78 Å². The third-order valence-electron chi connectivity index (χ3n) is 4.24. The van der Waals surface area contributed by atoms with Crippen molar-refractivity contribution < 1.29 is 18.0 Å². The first-order valence-electron chi connectivity index (χ1n) is 8.25. The largest absolute Gasteiger partial charge is 0.417 e. The van der Waals surface area contributed by atoms with E-state index >= 15 is 0 Å². The summed E-state index contributed by atoms with van der Waals surface area (Å²) in [7, 11) is 0. The van der Waals surface area contributed by atoms with Gasteiger partial charge in [-0.05, 0) is 48.5 Å². The van der Waals surface area contributed by atoms with Gasteiger partial charge in [0.2, 0.25) is 5.91 Å². The molecule has 0 atom stereocenters. The number of alkyl halides is 3. The molecule has 4 aromatic rings. The average Bonchev–Trinajstić information content (AvgIpc) is 3.16. The molecule has 1 N–H and O–H groups in total. The molecule has 0 fully saturated rings. The highest BCUT2D eigenvalue weighted by molar-refractivity contribution is 6.00. The second-order valence-corrected chi connectivity index (χ2v) is 6.05. The summed E-state index contributed by atoms with van der Waals surface area (Å²) < 4.78 is 40.3. The van der Waals surface area contributed by atoms with Gasteiger partial charge in [0, 0.05) is 18.1 Å². The van der Waals surface area contributed by atoms with Crippen molar-refractivity contribution in [2.24, 2.45) is 0 Å². The zero-order chi connectivity index (χ0) is 19.9. The van der Waals surface area contributed by atoms with Crippen molar-refractivity contribution >= 4 is 28.1 Å². The second kappa shape index (κ2) is 6.49. The Bertz CT molecular complexity index is 1210. The molecule has 0 radical (unpaired) electrons. The minimum absolute atomic E-state index is 0.319. The number of nitrogens with one attached hydrogen (secondary N) is 1. The van der Waals surface area contributed by atoms with E-state index in [0.717, 1.165) is 23.9 Å². The summed E-state index contributed by atoms with van der Waals surface area (Å²) >= 11 is 0. The van der Waals surface area contributed by atoms with Crippen molar-refractivity contribution in [1.82, 2.24) is 14.4 Å². The summed E-state index contributed by atoms with van der Waals surface area (Å²) in [4.78, 5) is 20.1. The van der Waals surface area contributed by atoms with Crippen LogP contribution in [0.2, 0.25) is 0 Å². The second-order valence-electron chi connectivity index (χ2n) is 6.05. The van der Waals surface area contributed by atoms with Crippen molar-refractivity contribution in [3.63, 3.8) is 0 Å². The van der Waals surface area contributed by atoms with Gasteiger partial charge in [-0.25, -0.2) is 4.98 Å². The van der Waals surface area contributed by atoms with Crippen molar-refractivity contribution in [3.05, 3.63) is 73.1 Å². The molecule has 0 bridgehead atoms. The Balaban J connectivity index is 1.88. The summed E-state index contributed by atoms with van der Waals surface area (Å²) in [5.74, 6) is -0.356. The lowest BCUT2D eigenvalue weighted by atomic mass is 10.2. The number of aromatic nitrogens is 3. The van der Waals surface area contributed by atoms with E-state index in [1.54, 1.807) is 18.2 Å². The van der Waals surface area contributed by atoms with Gasteiger partial charge in [0.1, 0.15) is 5.69 Å². The lowest BCUT2D eigenvalue weighted by Crippen LogP contribution is -2.07. The van der Waals surface area contributed by atoms with Gasteiger partial charge in [0.15, 0.2) is 0 Å². The Morgan fingerprint density at radius 3 is 2.64 bits per heavy atom. The molecule has 28 heavy (non-hydrogen) atoms. The molecule has 0 aliphatic heterocycles. The van der Waals surface area contributed by atoms with E-state index in [4.69, 9.17) is 0 Å². The Hall–Kier alpha value is -3.68. The fourth-order valence-electron chi connectivity index (χ4n) is 2.94. The fourth-order valence-corrected chi connectivity index (χ4v) is 2.94. The Morgan fingerprint density at radius 1 is 1.14 bits per heavy atom. The number of nitrogens with zero attached hydrogens (tertiary/aromatic N) is 3. The lowest BCUT2D eigenvalue weighted by Gasteiger charge is -2.11. The molecule has 8 heteroatoms. The van der Waals surface area contributed by atoms with Crippen LogP contribution in [0.5, 0.6) is 0 Å². The zero-order valence-electron chi connectivity index (χ0n) is 14.4. The maximum Gasteiger partial charge on any atom is 0.417 e. The number of halogens is 3. The van der Waals surface area contributed by atoms with Crippen LogP contribution in [0.1, 0.15) is 5.56 Å². The van der Waals surface area contributed by atoms with Crippen molar-refractivity contribution in [2.45, 2.75) is 6.18 Å². The molecule has 0 saturated carbocycles. The normalized spacial score (nSPS) is 11.7. The van der Waals surface area contributed by atoms with Crippen LogP contribution < -0.4 is 5.32 Å². The monoisotopic (exact) mass is 382 g/mol. The number of hydrogen-bond donors (Lipinski definition) is 1. The van der Waals surface area contributed by atoms with E-state index in [2.05, 4.69) is 21.9 Å². The highest BCUT2D eigenvalue weighted by Gasteiger charge is 2.30. The van der Waals surface area contributed by atoms with Gasteiger partial charge in [0.25, 0.3) is 0 Å². The number of pyridine rings is 1. The number of benzene rings is 1. The maximum absolute atomic E-state index is 12.8. The first-order valence-corrected chi connectivity index (χ1v) is 8.25. The summed E-state index contributed by atoms with van der Waals surface area (Å²) in [6, 6.07) is 11.1. The molecule has 0 aliphatic rings. The van der Waals surface area contributed by atoms with Gasteiger partial charge < -0.3 is 9.72 Å². The molecular weight excluding hydrogens is 369 g/mol. The molecule has 1 amide bonds. The first-order chi connectivity index (χ1) is 13.4. The molecule has 0 saturated heterocycles. The molecule has 0 aliphatic carbocycles. The number of fused-ring (bicyclic) bond motifs is 3. The number of hydrogen-bond acceptors (Lipinski definition) is 3. The van der Waals surface area contributed by atoms with Crippen LogP contribution in [-0.4, -0.2) is 20.3 Å². The molecular formula is C20H13F3N4O. The van der Waals surface area contributed by atoms with Crippen LogP contribution in [0.25, 0.3) is 27.9 Å². The molecule has 4 rings (SSSR count). The number of carbonyl (C=O) groups excluding carboxylic acids is 1. The van der Waals surface area contributed by atoms with Crippen LogP contribution >= 0.6 is 0 Å². The summed E-state index contributed by atoms with van der Waals surface area (Å²) in [5, 5.41) is 2.66. The lowest BCUT2D eigenvalue weighted by molar-refractivity contribution is -0.137. The van der Waals surface area contributed by atoms with Crippen molar-refractivity contribution in [3.8, 4) is 11.4 Å². The van der Waals surface area contributed by atoms with Gasteiger partial charge in [0.05, 0.1) is 27.8 Å². The minimum atomic E-state index is -4.45. The minimum Gasteiger partial charge on any atom is -0.322 e. The van der Waals surface area contributed by atoms with Gasteiger partial charge >= 0.3 is 6.18 Å². The summed E-state index contributed by atoms with van der Waals surface area (Å²) in [5.41, 5.74) is 2.52. The topological polar surface area (TPSA) is 59.3 Å². The van der Waals surface area contributed by atoms with Crippen LogP contribution in [-0.2, 0) is 11.0 Å². The van der Waals surface area contributed by atoms with E-state index in [1.165, 1.54) is 6.07 Å². The molecule has 0 unspecified atom stereocenters. The number of anilines is 1.